The van der Waals surface area contributed by atoms with E-state index in [4.69, 9.17) is 4.74 Å². The molecule has 0 bridgehead atoms. The van der Waals surface area contributed by atoms with Gasteiger partial charge < -0.3 is 9.47 Å². The number of hydrogen-bond acceptors (Lipinski definition) is 5. The van der Waals surface area contributed by atoms with Gasteiger partial charge in [-0.25, -0.2) is 0 Å². The van der Waals surface area contributed by atoms with Gasteiger partial charge in [0.2, 0.25) is 0 Å². The van der Waals surface area contributed by atoms with Crippen molar-refractivity contribution < 1.29 is 19.2 Å². The van der Waals surface area contributed by atoms with Crippen LogP contribution >= 0.6 is 0 Å². The molecule has 0 fully saturated rings. The zero-order valence-corrected chi connectivity index (χ0v) is 8.71. The largest absolute Gasteiger partial charge is 0.493 e. The van der Waals surface area contributed by atoms with Crippen molar-refractivity contribution in [2.24, 2.45) is 0 Å². The van der Waals surface area contributed by atoms with E-state index >= 15 is 0 Å². The van der Waals surface area contributed by atoms with Crippen molar-refractivity contribution in [2.75, 3.05) is 13.7 Å². The highest BCUT2D eigenvalue weighted by atomic mass is 16.6. The molecule has 0 aromatic heterocycles. The molecule has 0 saturated carbocycles. The molecule has 16 heavy (non-hydrogen) atoms. The molecule has 0 aliphatic carbocycles. The summed E-state index contributed by atoms with van der Waals surface area (Å²) in [6.45, 7) is 0.185. The van der Waals surface area contributed by atoms with Crippen LogP contribution < -0.4 is 4.74 Å². The van der Waals surface area contributed by atoms with Crippen LogP contribution in [0.25, 0.3) is 0 Å². The van der Waals surface area contributed by atoms with Gasteiger partial charge in [-0.1, -0.05) is 0 Å². The maximum absolute atomic E-state index is 10.8. The van der Waals surface area contributed by atoms with Crippen LogP contribution in [0.3, 0.4) is 0 Å². The second-order valence-corrected chi connectivity index (χ2v) is 2.93. The van der Waals surface area contributed by atoms with Crippen molar-refractivity contribution in [2.45, 2.75) is 6.42 Å². The number of hydrogen-bond donors (Lipinski definition) is 0. The Morgan fingerprint density at radius 3 is 2.50 bits per heavy atom. The molecular weight excluding hydrogens is 214 g/mol. The van der Waals surface area contributed by atoms with E-state index in [1.165, 1.54) is 31.4 Å². The first kappa shape index (κ1) is 12.0. The van der Waals surface area contributed by atoms with Crippen LogP contribution in [0.2, 0.25) is 0 Å². The summed E-state index contributed by atoms with van der Waals surface area (Å²) in [5, 5.41) is 10.4. The summed E-state index contributed by atoms with van der Waals surface area (Å²) in [5.41, 5.74) is 0.000294. The van der Waals surface area contributed by atoms with Crippen LogP contribution in [0.1, 0.15) is 6.42 Å². The van der Waals surface area contributed by atoms with E-state index in [0.717, 1.165) is 0 Å². The van der Waals surface area contributed by atoms with E-state index in [-0.39, 0.29) is 24.7 Å². The molecule has 86 valence electrons. The molecule has 1 rings (SSSR count). The predicted octanol–water partition coefficient (Wildman–Crippen LogP) is 1.54. The number of esters is 1. The van der Waals surface area contributed by atoms with E-state index in [0.29, 0.717) is 5.75 Å². The Labute approximate surface area is 91.9 Å². The number of non-ortho nitro benzene ring substituents is 1. The highest BCUT2D eigenvalue weighted by Crippen LogP contribution is 2.17. The molecule has 0 unspecified atom stereocenters. The van der Waals surface area contributed by atoms with E-state index in [1.807, 2.05) is 0 Å². The molecule has 1 aromatic rings. The van der Waals surface area contributed by atoms with E-state index < -0.39 is 4.92 Å². The first-order valence-electron chi connectivity index (χ1n) is 4.57. The van der Waals surface area contributed by atoms with Gasteiger partial charge in [-0.05, 0) is 12.1 Å². The monoisotopic (exact) mass is 225 g/mol. The average molecular weight is 225 g/mol. The minimum absolute atomic E-state index is 0.000294. The highest BCUT2D eigenvalue weighted by Gasteiger charge is 2.05. The zero-order chi connectivity index (χ0) is 12.0. The Bertz CT molecular complexity index is 373. The summed E-state index contributed by atoms with van der Waals surface area (Å²) in [4.78, 5) is 20.6. The summed E-state index contributed by atoms with van der Waals surface area (Å²) in [7, 11) is 1.30. The third kappa shape index (κ3) is 3.56. The maximum atomic E-state index is 10.8. The molecule has 6 heteroatoms. The molecule has 0 N–H and O–H groups in total. The summed E-state index contributed by atoms with van der Waals surface area (Å²) >= 11 is 0. The van der Waals surface area contributed by atoms with Gasteiger partial charge in [-0.2, -0.15) is 0 Å². The summed E-state index contributed by atoms with van der Waals surface area (Å²) in [6, 6.07) is 5.64. The van der Waals surface area contributed by atoms with Crippen molar-refractivity contribution in [1.82, 2.24) is 0 Å². The van der Waals surface area contributed by atoms with Crippen LogP contribution in [0.4, 0.5) is 5.69 Å². The SMILES string of the molecule is COC(=O)CCOc1ccc([N+](=O)[O-])cc1. The number of nitrogens with zero attached hydrogens (tertiary/aromatic N) is 1. The van der Waals surface area contributed by atoms with E-state index in [2.05, 4.69) is 4.74 Å². The maximum Gasteiger partial charge on any atom is 0.308 e. The van der Waals surface area contributed by atoms with Crippen molar-refractivity contribution in [3.63, 3.8) is 0 Å². The van der Waals surface area contributed by atoms with E-state index in [1.54, 1.807) is 0 Å². The van der Waals surface area contributed by atoms with E-state index in [9.17, 15) is 14.9 Å². The van der Waals surface area contributed by atoms with Gasteiger partial charge in [-0.15, -0.1) is 0 Å². The van der Waals surface area contributed by atoms with Gasteiger partial charge in [0.1, 0.15) is 5.75 Å². The van der Waals surface area contributed by atoms with Gasteiger partial charge in [0.25, 0.3) is 5.69 Å². The molecule has 0 saturated heterocycles. The fourth-order valence-electron chi connectivity index (χ4n) is 1.02. The number of nitro benzene ring substituents is 1. The normalized spacial score (nSPS) is 9.56. The first-order valence-corrected chi connectivity index (χ1v) is 4.57. The second-order valence-electron chi connectivity index (χ2n) is 2.93. The number of ether oxygens (including phenoxy) is 2. The van der Waals surface area contributed by atoms with Crippen molar-refractivity contribution in [3.05, 3.63) is 34.4 Å². The van der Waals surface area contributed by atoms with Crippen LogP contribution in [0.15, 0.2) is 24.3 Å². The lowest BCUT2D eigenvalue weighted by atomic mass is 10.3. The summed E-state index contributed by atoms with van der Waals surface area (Å²) in [5.74, 6) is 0.122. The van der Waals surface area contributed by atoms with Crippen molar-refractivity contribution in [3.8, 4) is 5.75 Å². The molecule has 0 heterocycles. The number of carbonyl (C=O) groups is 1. The summed E-state index contributed by atoms with van der Waals surface area (Å²) < 4.78 is 9.62. The van der Waals surface area contributed by atoms with Crippen molar-refractivity contribution >= 4 is 11.7 Å². The fourth-order valence-corrected chi connectivity index (χ4v) is 1.02. The third-order valence-electron chi connectivity index (χ3n) is 1.85. The Morgan fingerprint density at radius 2 is 2.00 bits per heavy atom. The van der Waals surface area contributed by atoms with Crippen LogP contribution in [-0.4, -0.2) is 24.6 Å². The van der Waals surface area contributed by atoms with Gasteiger partial charge in [0, 0.05) is 12.1 Å². The number of methoxy groups -OCH3 is 1. The van der Waals surface area contributed by atoms with Crippen LogP contribution in [-0.2, 0) is 9.53 Å². The number of benzene rings is 1. The number of rotatable bonds is 5. The number of carbonyl (C=O) groups excluding carboxylic acids is 1. The molecule has 0 radical (unpaired) electrons. The molecule has 6 nitrogen and oxygen atoms in total. The minimum atomic E-state index is -0.488. The molecule has 0 aliphatic rings. The zero-order valence-electron chi connectivity index (χ0n) is 8.71. The smallest absolute Gasteiger partial charge is 0.308 e. The molecule has 0 spiro atoms. The molecule has 0 amide bonds. The minimum Gasteiger partial charge on any atom is -0.493 e. The lowest BCUT2D eigenvalue weighted by Gasteiger charge is -2.04. The van der Waals surface area contributed by atoms with Gasteiger partial charge in [0.05, 0.1) is 25.1 Å². The molecule has 0 atom stereocenters. The Hall–Kier alpha value is -2.11. The predicted molar refractivity (Wildman–Crippen MR) is 55.2 cm³/mol. The molecule has 1 aromatic carbocycles. The highest BCUT2D eigenvalue weighted by molar-refractivity contribution is 5.69. The van der Waals surface area contributed by atoms with Crippen LogP contribution in [0.5, 0.6) is 5.75 Å². The lowest BCUT2D eigenvalue weighted by molar-refractivity contribution is -0.384. The molecule has 0 aliphatic heterocycles. The Balaban J connectivity index is 2.43. The second kappa shape index (κ2) is 5.69. The first-order chi connectivity index (χ1) is 7.63. The summed E-state index contributed by atoms with van der Waals surface area (Å²) in [6.07, 6.45) is 0.146. The van der Waals surface area contributed by atoms with Gasteiger partial charge in [-0.3, -0.25) is 14.9 Å². The van der Waals surface area contributed by atoms with Crippen molar-refractivity contribution in [1.29, 1.82) is 0 Å². The average Bonchev–Trinajstić information content (AvgIpc) is 2.29. The van der Waals surface area contributed by atoms with Gasteiger partial charge in [0.15, 0.2) is 0 Å². The molecular formula is C10H11NO5. The topological polar surface area (TPSA) is 78.7 Å². The third-order valence-corrected chi connectivity index (χ3v) is 1.85. The number of nitro groups is 1. The van der Waals surface area contributed by atoms with Crippen LogP contribution in [0, 0.1) is 10.1 Å². The Morgan fingerprint density at radius 1 is 1.38 bits per heavy atom. The Kier molecular flexibility index (Phi) is 4.26. The lowest BCUT2D eigenvalue weighted by Crippen LogP contribution is -2.07. The fraction of sp³-hybridized carbons (Fsp3) is 0.300. The standard InChI is InChI=1S/C10H11NO5/c1-15-10(12)6-7-16-9-4-2-8(3-5-9)11(13)14/h2-5H,6-7H2,1H3. The quantitative estimate of drug-likeness (QED) is 0.431. The van der Waals surface area contributed by atoms with Gasteiger partial charge >= 0.3 is 5.97 Å².